The summed E-state index contributed by atoms with van der Waals surface area (Å²) < 4.78 is 0. The van der Waals surface area contributed by atoms with Crippen LogP contribution in [-0.2, 0) is 4.79 Å². The lowest BCUT2D eigenvalue weighted by Crippen LogP contribution is -2.23. The smallest absolute Gasteiger partial charge is 0.221 e. The van der Waals surface area contributed by atoms with Crippen LogP contribution >= 0.6 is 0 Å². The minimum Gasteiger partial charge on any atom is -0.398 e. The second kappa shape index (κ2) is 4.57. The van der Waals surface area contributed by atoms with E-state index >= 15 is 0 Å². The molecule has 17 heavy (non-hydrogen) atoms. The van der Waals surface area contributed by atoms with Gasteiger partial charge in [0.25, 0.3) is 0 Å². The Kier molecular flexibility index (Phi) is 3.56. The van der Waals surface area contributed by atoms with Crippen molar-refractivity contribution in [1.29, 1.82) is 0 Å². The second-order valence-corrected chi connectivity index (χ2v) is 5.03. The number of hydrogen-bond acceptors (Lipinski definition) is 3. The van der Waals surface area contributed by atoms with E-state index in [2.05, 4.69) is 5.32 Å². The van der Waals surface area contributed by atoms with Gasteiger partial charge < -0.3 is 11.1 Å². The Morgan fingerprint density at radius 1 is 1.24 bits per heavy atom. The van der Waals surface area contributed by atoms with Gasteiger partial charge in [-0.3, -0.25) is 9.59 Å². The lowest BCUT2D eigenvalue weighted by molar-refractivity contribution is -0.114. The van der Waals surface area contributed by atoms with Crippen LogP contribution in [0, 0.1) is 5.41 Å². The van der Waals surface area contributed by atoms with Crippen molar-refractivity contribution in [3.63, 3.8) is 0 Å². The van der Waals surface area contributed by atoms with Crippen LogP contribution in [0.5, 0.6) is 0 Å². The molecular weight excluding hydrogens is 216 g/mol. The third kappa shape index (κ3) is 3.06. The highest BCUT2D eigenvalue weighted by molar-refractivity contribution is 6.10. The molecule has 1 aromatic rings. The molecule has 0 aliphatic carbocycles. The number of nitrogens with two attached hydrogens (primary N) is 1. The van der Waals surface area contributed by atoms with Crippen LogP contribution in [0.3, 0.4) is 0 Å². The number of nitrogen functional groups attached to an aromatic ring is 1. The normalized spacial score (nSPS) is 11.1. The Bertz CT molecular complexity index is 459. The molecule has 1 aromatic carbocycles. The Labute approximate surface area is 101 Å². The number of ketones is 1. The molecule has 0 radical (unpaired) electrons. The van der Waals surface area contributed by atoms with E-state index in [0.29, 0.717) is 16.9 Å². The average Bonchev–Trinajstić information content (AvgIpc) is 2.14. The van der Waals surface area contributed by atoms with Crippen LogP contribution in [0.2, 0.25) is 0 Å². The first-order valence-electron chi connectivity index (χ1n) is 5.44. The van der Waals surface area contributed by atoms with Crippen molar-refractivity contribution in [3.8, 4) is 0 Å². The van der Waals surface area contributed by atoms with E-state index in [-0.39, 0.29) is 11.7 Å². The van der Waals surface area contributed by atoms with Crippen LogP contribution in [0.15, 0.2) is 18.2 Å². The van der Waals surface area contributed by atoms with E-state index in [1.807, 2.05) is 20.8 Å². The quantitative estimate of drug-likeness (QED) is 0.610. The molecule has 4 heteroatoms. The van der Waals surface area contributed by atoms with E-state index in [9.17, 15) is 9.59 Å². The minimum atomic E-state index is -0.539. The molecular formula is C13H18N2O2. The van der Waals surface area contributed by atoms with Gasteiger partial charge in [-0.15, -0.1) is 0 Å². The van der Waals surface area contributed by atoms with Crippen molar-refractivity contribution in [2.24, 2.45) is 5.41 Å². The largest absolute Gasteiger partial charge is 0.398 e. The highest BCUT2D eigenvalue weighted by atomic mass is 16.1. The molecule has 0 aliphatic heterocycles. The summed E-state index contributed by atoms with van der Waals surface area (Å²) in [6.07, 6.45) is 0. The fraction of sp³-hybridized carbons (Fsp3) is 0.385. The number of carbonyl (C=O) groups excluding carboxylic acids is 2. The van der Waals surface area contributed by atoms with Crippen molar-refractivity contribution in [2.75, 3.05) is 11.1 Å². The van der Waals surface area contributed by atoms with Crippen molar-refractivity contribution in [2.45, 2.75) is 27.7 Å². The standard InChI is InChI=1S/C13H18N2O2/c1-8(16)15-10-7-5-6-9(14)11(10)12(17)13(2,3)4/h5-7H,14H2,1-4H3,(H,15,16). The molecule has 0 saturated carbocycles. The van der Waals surface area contributed by atoms with Gasteiger partial charge in [0.15, 0.2) is 5.78 Å². The highest BCUT2D eigenvalue weighted by Crippen LogP contribution is 2.30. The molecule has 4 nitrogen and oxygen atoms in total. The SMILES string of the molecule is CC(=O)Nc1cccc(N)c1C(=O)C(C)(C)C. The summed E-state index contributed by atoms with van der Waals surface area (Å²) in [4.78, 5) is 23.3. The number of amides is 1. The molecule has 1 rings (SSSR count). The molecule has 1 amide bonds. The Balaban J connectivity index is 3.30. The molecule has 0 heterocycles. The summed E-state index contributed by atoms with van der Waals surface area (Å²) in [6, 6.07) is 5.04. The van der Waals surface area contributed by atoms with E-state index in [4.69, 9.17) is 5.73 Å². The van der Waals surface area contributed by atoms with Crippen molar-refractivity contribution < 1.29 is 9.59 Å². The van der Waals surface area contributed by atoms with Gasteiger partial charge in [0.05, 0.1) is 11.3 Å². The van der Waals surface area contributed by atoms with Crippen LogP contribution in [0.25, 0.3) is 0 Å². The molecule has 0 aromatic heterocycles. The highest BCUT2D eigenvalue weighted by Gasteiger charge is 2.27. The number of carbonyl (C=O) groups is 2. The molecule has 3 N–H and O–H groups in total. The third-order valence-corrected chi connectivity index (χ3v) is 2.32. The van der Waals surface area contributed by atoms with Gasteiger partial charge in [-0.2, -0.15) is 0 Å². The van der Waals surface area contributed by atoms with Crippen LogP contribution in [0.1, 0.15) is 38.1 Å². The zero-order valence-electron chi connectivity index (χ0n) is 10.6. The molecule has 0 fully saturated rings. The summed E-state index contributed by atoms with van der Waals surface area (Å²) in [5.74, 6) is -0.307. The van der Waals surface area contributed by atoms with E-state index in [1.54, 1.807) is 18.2 Å². The molecule has 92 valence electrons. The predicted molar refractivity (Wildman–Crippen MR) is 68.9 cm³/mol. The molecule has 0 aliphatic rings. The van der Waals surface area contributed by atoms with Gasteiger partial charge in [0.1, 0.15) is 0 Å². The third-order valence-electron chi connectivity index (χ3n) is 2.32. The maximum atomic E-state index is 12.3. The molecule has 0 unspecified atom stereocenters. The molecule has 0 bridgehead atoms. The monoisotopic (exact) mass is 234 g/mol. The zero-order valence-corrected chi connectivity index (χ0v) is 10.6. The van der Waals surface area contributed by atoms with Gasteiger partial charge in [0.2, 0.25) is 5.91 Å². The molecule has 0 atom stereocenters. The molecule has 0 saturated heterocycles. The van der Waals surface area contributed by atoms with Crippen LogP contribution in [0.4, 0.5) is 11.4 Å². The zero-order chi connectivity index (χ0) is 13.2. The fourth-order valence-corrected chi connectivity index (χ4v) is 1.49. The first kappa shape index (κ1) is 13.2. The summed E-state index contributed by atoms with van der Waals surface area (Å²) in [6.45, 7) is 6.85. The Morgan fingerprint density at radius 2 is 1.82 bits per heavy atom. The van der Waals surface area contributed by atoms with Gasteiger partial charge in [0, 0.05) is 18.0 Å². The fourth-order valence-electron chi connectivity index (χ4n) is 1.49. The van der Waals surface area contributed by atoms with Gasteiger partial charge in [-0.05, 0) is 12.1 Å². The Morgan fingerprint density at radius 3 is 2.29 bits per heavy atom. The van der Waals surface area contributed by atoms with Gasteiger partial charge >= 0.3 is 0 Å². The number of rotatable bonds is 2. The summed E-state index contributed by atoms with van der Waals surface area (Å²) in [5, 5.41) is 2.63. The topological polar surface area (TPSA) is 72.2 Å². The van der Waals surface area contributed by atoms with Gasteiger partial charge in [-0.1, -0.05) is 26.8 Å². The van der Waals surface area contributed by atoms with Crippen LogP contribution < -0.4 is 11.1 Å². The maximum absolute atomic E-state index is 12.3. The number of hydrogen-bond donors (Lipinski definition) is 2. The predicted octanol–water partition coefficient (Wildman–Crippen LogP) is 2.46. The van der Waals surface area contributed by atoms with Crippen molar-refractivity contribution in [1.82, 2.24) is 0 Å². The lowest BCUT2D eigenvalue weighted by Gasteiger charge is -2.20. The number of nitrogens with one attached hydrogen (secondary N) is 1. The van der Waals surface area contributed by atoms with E-state index in [1.165, 1.54) is 6.92 Å². The Hall–Kier alpha value is -1.84. The maximum Gasteiger partial charge on any atom is 0.221 e. The minimum absolute atomic E-state index is 0.0839. The van der Waals surface area contributed by atoms with Crippen molar-refractivity contribution in [3.05, 3.63) is 23.8 Å². The van der Waals surface area contributed by atoms with Crippen molar-refractivity contribution >= 4 is 23.1 Å². The first-order valence-corrected chi connectivity index (χ1v) is 5.44. The van der Waals surface area contributed by atoms with Crippen LogP contribution in [-0.4, -0.2) is 11.7 Å². The summed E-state index contributed by atoms with van der Waals surface area (Å²) >= 11 is 0. The average molecular weight is 234 g/mol. The first-order chi connectivity index (χ1) is 7.73. The summed E-state index contributed by atoms with van der Waals surface area (Å²) in [5.41, 5.74) is 6.52. The second-order valence-electron chi connectivity index (χ2n) is 5.03. The van der Waals surface area contributed by atoms with E-state index in [0.717, 1.165) is 0 Å². The lowest BCUT2D eigenvalue weighted by atomic mass is 9.85. The number of anilines is 2. The number of Topliss-reactive ketones (excluding diaryl/α,β-unsaturated/α-hetero) is 1. The number of benzene rings is 1. The summed E-state index contributed by atoms with van der Waals surface area (Å²) in [7, 11) is 0. The van der Waals surface area contributed by atoms with Gasteiger partial charge in [-0.25, -0.2) is 0 Å². The molecule has 0 spiro atoms. The van der Waals surface area contributed by atoms with E-state index < -0.39 is 5.41 Å².